The number of thiophene rings is 1. The van der Waals surface area contributed by atoms with Gasteiger partial charge in [-0.15, -0.1) is 11.3 Å². The van der Waals surface area contributed by atoms with Crippen molar-refractivity contribution in [1.29, 1.82) is 0 Å². The Morgan fingerprint density at radius 3 is 3.19 bits per heavy atom. The van der Waals surface area contributed by atoms with Gasteiger partial charge in [-0.25, -0.2) is 0 Å². The van der Waals surface area contributed by atoms with E-state index >= 15 is 0 Å². The minimum Gasteiger partial charge on any atom is -0.308 e. The zero-order valence-corrected chi connectivity index (χ0v) is 12.1. The van der Waals surface area contributed by atoms with E-state index in [4.69, 9.17) is 0 Å². The van der Waals surface area contributed by atoms with Gasteiger partial charge in [0.15, 0.2) is 0 Å². The van der Waals surface area contributed by atoms with E-state index in [9.17, 15) is 0 Å². The second kappa shape index (κ2) is 6.15. The van der Waals surface area contributed by atoms with Crippen LogP contribution >= 0.6 is 27.3 Å². The molecule has 1 aromatic rings. The number of nitrogens with zero attached hydrogens (tertiary/aromatic N) is 1. The molecule has 0 bridgehead atoms. The Labute approximate surface area is 110 Å². The Morgan fingerprint density at radius 2 is 2.50 bits per heavy atom. The molecular weight excluding hydrogens is 284 g/mol. The number of likely N-dealkylation sites (tertiary alicyclic amines) is 1. The largest absolute Gasteiger partial charge is 0.308 e. The van der Waals surface area contributed by atoms with Crippen molar-refractivity contribution in [2.45, 2.75) is 32.4 Å². The number of nitrogens with one attached hydrogen (secondary N) is 1. The van der Waals surface area contributed by atoms with Gasteiger partial charge in [-0.1, -0.05) is 6.92 Å². The van der Waals surface area contributed by atoms with E-state index in [1.54, 1.807) is 0 Å². The quantitative estimate of drug-likeness (QED) is 0.919. The summed E-state index contributed by atoms with van der Waals surface area (Å²) in [5.74, 6) is 0. The smallest absolute Gasteiger partial charge is 0.0303 e. The SMILES string of the molecule is CCN1CCCC(NCc2cc(Br)cs2)C1. The van der Waals surface area contributed by atoms with Gasteiger partial charge in [0, 0.05) is 33.9 Å². The Morgan fingerprint density at radius 1 is 1.62 bits per heavy atom. The van der Waals surface area contributed by atoms with Gasteiger partial charge >= 0.3 is 0 Å². The Kier molecular flexibility index (Phi) is 4.82. The van der Waals surface area contributed by atoms with Crippen LogP contribution in [0, 0.1) is 0 Å². The summed E-state index contributed by atoms with van der Waals surface area (Å²) >= 11 is 5.31. The number of hydrogen-bond acceptors (Lipinski definition) is 3. The van der Waals surface area contributed by atoms with Gasteiger partial charge in [0.2, 0.25) is 0 Å². The highest BCUT2D eigenvalue weighted by Crippen LogP contribution is 2.20. The summed E-state index contributed by atoms with van der Waals surface area (Å²) in [7, 11) is 0. The summed E-state index contributed by atoms with van der Waals surface area (Å²) in [4.78, 5) is 3.95. The van der Waals surface area contributed by atoms with Gasteiger partial charge in [0.05, 0.1) is 0 Å². The van der Waals surface area contributed by atoms with E-state index in [-0.39, 0.29) is 0 Å². The van der Waals surface area contributed by atoms with Gasteiger partial charge in [0.1, 0.15) is 0 Å². The van der Waals surface area contributed by atoms with Crippen molar-refractivity contribution in [2.75, 3.05) is 19.6 Å². The molecule has 2 heterocycles. The molecule has 0 spiro atoms. The number of halogens is 1. The lowest BCUT2D eigenvalue weighted by atomic mass is 10.1. The van der Waals surface area contributed by atoms with Crippen molar-refractivity contribution in [1.82, 2.24) is 10.2 Å². The molecule has 2 nitrogen and oxygen atoms in total. The Balaban J connectivity index is 1.77. The predicted molar refractivity (Wildman–Crippen MR) is 74.0 cm³/mol. The van der Waals surface area contributed by atoms with Crippen LogP contribution in [0.5, 0.6) is 0 Å². The van der Waals surface area contributed by atoms with Gasteiger partial charge in [-0.05, 0) is 47.9 Å². The molecule has 1 unspecified atom stereocenters. The molecule has 1 aliphatic rings. The molecule has 0 aliphatic carbocycles. The van der Waals surface area contributed by atoms with Crippen molar-refractivity contribution in [3.63, 3.8) is 0 Å². The van der Waals surface area contributed by atoms with Gasteiger partial charge in [-0.3, -0.25) is 0 Å². The van der Waals surface area contributed by atoms with Crippen molar-refractivity contribution in [3.05, 3.63) is 20.8 Å². The third kappa shape index (κ3) is 3.55. The van der Waals surface area contributed by atoms with Crippen LogP contribution in [0.15, 0.2) is 15.9 Å². The molecule has 1 fully saturated rings. The summed E-state index contributed by atoms with van der Waals surface area (Å²) < 4.78 is 1.20. The molecule has 1 atom stereocenters. The zero-order chi connectivity index (χ0) is 11.4. The van der Waals surface area contributed by atoms with E-state index in [1.165, 1.54) is 41.8 Å². The first kappa shape index (κ1) is 12.6. The molecule has 1 saturated heterocycles. The van der Waals surface area contributed by atoms with Crippen LogP contribution < -0.4 is 5.32 Å². The predicted octanol–water partition coefficient (Wildman–Crippen LogP) is 3.08. The maximum Gasteiger partial charge on any atom is 0.0303 e. The summed E-state index contributed by atoms with van der Waals surface area (Å²) in [5, 5.41) is 5.81. The summed E-state index contributed by atoms with van der Waals surface area (Å²) in [5.41, 5.74) is 0. The van der Waals surface area contributed by atoms with Crippen LogP contribution in [0.4, 0.5) is 0 Å². The molecule has 0 radical (unpaired) electrons. The first-order valence-corrected chi connectivity index (χ1v) is 7.64. The third-order valence-electron chi connectivity index (χ3n) is 3.14. The lowest BCUT2D eigenvalue weighted by Gasteiger charge is -2.32. The Bertz CT molecular complexity index is 327. The second-order valence-corrected chi connectivity index (χ2v) is 6.26. The van der Waals surface area contributed by atoms with E-state index < -0.39 is 0 Å². The lowest BCUT2D eigenvalue weighted by Crippen LogP contribution is -2.45. The van der Waals surface area contributed by atoms with Crippen LogP contribution in [0.2, 0.25) is 0 Å². The Hall–Kier alpha value is 0.1000. The third-order valence-corrected chi connectivity index (χ3v) is 4.84. The molecule has 4 heteroatoms. The molecule has 1 N–H and O–H groups in total. The van der Waals surface area contributed by atoms with Crippen LogP contribution in [-0.4, -0.2) is 30.6 Å². The van der Waals surface area contributed by atoms with E-state index in [2.05, 4.69) is 44.5 Å². The molecule has 0 saturated carbocycles. The van der Waals surface area contributed by atoms with E-state index in [0.717, 1.165) is 6.54 Å². The highest BCUT2D eigenvalue weighted by atomic mass is 79.9. The van der Waals surface area contributed by atoms with E-state index in [1.807, 2.05) is 11.3 Å². The normalized spacial score (nSPS) is 22.5. The molecule has 0 amide bonds. The van der Waals surface area contributed by atoms with Crippen LogP contribution in [-0.2, 0) is 6.54 Å². The highest BCUT2D eigenvalue weighted by Gasteiger charge is 2.17. The fourth-order valence-electron chi connectivity index (χ4n) is 2.20. The minimum absolute atomic E-state index is 0.676. The topological polar surface area (TPSA) is 15.3 Å². The summed E-state index contributed by atoms with van der Waals surface area (Å²) in [6, 6.07) is 2.88. The van der Waals surface area contributed by atoms with Crippen molar-refractivity contribution in [2.24, 2.45) is 0 Å². The number of likely N-dealkylation sites (N-methyl/N-ethyl adjacent to an activating group) is 1. The maximum absolute atomic E-state index is 3.66. The van der Waals surface area contributed by atoms with Crippen LogP contribution in [0.1, 0.15) is 24.6 Å². The van der Waals surface area contributed by atoms with E-state index in [0.29, 0.717) is 6.04 Å². The molecular formula is C12H19BrN2S. The molecule has 1 aromatic heterocycles. The number of rotatable bonds is 4. The van der Waals surface area contributed by atoms with Crippen LogP contribution in [0.25, 0.3) is 0 Å². The van der Waals surface area contributed by atoms with Crippen molar-refractivity contribution in [3.8, 4) is 0 Å². The zero-order valence-electron chi connectivity index (χ0n) is 9.71. The average molecular weight is 303 g/mol. The van der Waals surface area contributed by atoms with Crippen LogP contribution in [0.3, 0.4) is 0 Å². The lowest BCUT2D eigenvalue weighted by molar-refractivity contribution is 0.198. The summed E-state index contributed by atoms with van der Waals surface area (Å²) in [6.07, 6.45) is 2.66. The fraction of sp³-hybridized carbons (Fsp3) is 0.667. The monoisotopic (exact) mass is 302 g/mol. The standard InChI is InChI=1S/C12H19BrN2S/c1-2-15-5-3-4-11(8-15)14-7-12-6-10(13)9-16-12/h6,9,11,14H,2-5,7-8H2,1H3. The van der Waals surface area contributed by atoms with Gasteiger partial charge in [-0.2, -0.15) is 0 Å². The fourth-order valence-corrected chi connectivity index (χ4v) is 3.60. The first-order chi connectivity index (χ1) is 7.78. The maximum atomic E-state index is 3.66. The molecule has 1 aliphatic heterocycles. The van der Waals surface area contributed by atoms with Crippen molar-refractivity contribution < 1.29 is 0 Å². The summed E-state index contributed by atoms with van der Waals surface area (Å²) in [6.45, 7) is 6.93. The molecule has 2 rings (SSSR count). The van der Waals surface area contributed by atoms with Crippen molar-refractivity contribution >= 4 is 27.3 Å². The average Bonchev–Trinajstić information content (AvgIpc) is 2.73. The van der Waals surface area contributed by atoms with Gasteiger partial charge in [0.25, 0.3) is 0 Å². The second-order valence-electron chi connectivity index (χ2n) is 4.34. The molecule has 0 aromatic carbocycles. The molecule has 16 heavy (non-hydrogen) atoms. The molecule has 90 valence electrons. The minimum atomic E-state index is 0.676. The number of piperidine rings is 1. The number of hydrogen-bond donors (Lipinski definition) is 1. The highest BCUT2D eigenvalue weighted by molar-refractivity contribution is 9.10. The van der Waals surface area contributed by atoms with Gasteiger partial charge < -0.3 is 10.2 Å². The first-order valence-electron chi connectivity index (χ1n) is 5.96.